The van der Waals surface area contributed by atoms with Crippen molar-refractivity contribution in [1.82, 2.24) is 19.4 Å². The van der Waals surface area contributed by atoms with E-state index in [1.165, 1.54) is 18.6 Å². The fourth-order valence-electron chi connectivity index (χ4n) is 2.86. The third kappa shape index (κ3) is 3.22. The molecule has 0 saturated carbocycles. The first-order valence-corrected chi connectivity index (χ1v) is 8.36. The number of benzene rings is 1. The molecule has 7 heteroatoms. The molecule has 0 spiro atoms. The summed E-state index contributed by atoms with van der Waals surface area (Å²) in [6.45, 7) is 2.02. The molecule has 0 unspecified atom stereocenters. The first-order chi connectivity index (χ1) is 13.2. The molecular formula is C20H17N5O2. The van der Waals surface area contributed by atoms with Gasteiger partial charge in [-0.25, -0.2) is 9.97 Å². The molecule has 0 bridgehead atoms. The minimum Gasteiger partial charge on any atom is -0.495 e. The lowest BCUT2D eigenvalue weighted by Crippen LogP contribution is -2.14. The topological polar surface area (TPSA) is 81.4 Å². The number of aryl methyl sites for hydroxylation is 1. The largest absolute Gasteiger partial charge is 0.495 e. The molecule has 1 N–H and O–H groups in total. The fraction of sp³-hybridized carbons (Fsp3) is 0.100. The van der Waals surface area contributed by atoms with Gasteiger partial charge < -0.3 is 14.5 Å². The highest BCUT2D eigenvalue weighted by molar-refractivity contribution is 6.03. The number of pyridine rings is 1. The highest BCUT2D eigenvalue weighted by Gasteiger charge is 2.14. The SMILES string of the molecule is COc1ccc(-c2cn3cccc(C)c3n2)cc1NC(=O)c1cnccn1. The Kier molecular flexibility index (Phi) is 4.25. The Morgan fingerprint density at radius 3 is 2.85 bits per heavy atom. The summed E-state index contributed by atoms with van der Waals surface area (Å²) in [5.41, 5.74) is 4.44. The van der Waals surface area contributed by atoms with Crippen LogP contribution in [0.2, 0.25) is 0 Å². The molecule has 1 aromatic carbocycles. The van der Waals surface area contributed by atoms with Crippen LogP contribution in [0.4, 0.5) is 5.69 Å². The zero-order valence-corrected chi connectivity index (χ0v) is 14.9. The van der Waals surface area contributed by atoms with Crippen molar-refractivity contribution in [2.45, 2.75) is 6.92 Å². The predicted octanol–water partition coefficient (Wildman–Crippen LogP) is 3.36. The van der Waals surface area contributed by atoms with Crippen LogP contribution in [0, 0.1) is 6.92 Å². The first kappa shape index (κ1) is 16.7. The van der Waals surface area contributed by atoms with E-state index in [0.29, 0.717) is 11.4 Å². The van der Waals surface area contributed by atoms with Crippen molar-refractivity contribution in [3.8, 4) is 17.0 Å². The van der Waals surface area contributed by atoms with Crippen molar-refractivity contribution >= 4 is 17.2 Å². The standard InChI is InChI=1S/C20H17N5O2/c1-13-4-3-9-25-12-17(23-19(13)25)14-5-6-18(27-2)15(10-14)24-20(26)16-11-21-7-8-22-16/h3-12H,1-2H3,(H,24,26). The summed E-state index contributed by atoms with van der Waals surface area (Å²) in [5.74, 6) is 0.195. The molecule has 1 amide bonds. The van der Waals surface area contributed by atoms with Gasteiger partial charge in [0.2, 0.25) is 0 Å². The molecular weight excluding hydrogens is 342 g/mol. The van der Waals surface area contributed by atoms with E-state index in [1.54, 1.807) is 13.2 Å². The highest BCUT2D eigenvalue weighted by atomic mass is 16.5. The summed E-state index contributed by atoms with van der Waals surface area (Å²) in [7, 11) is 1.56. The third-order valence-corrected chi connectivity index (χ3v) is 4.22. The molecule has 0 radical (unpaired) electrons. The van der Waals surface area contributed by atoms with E-state index in [1.807, 2.05) is 48.0 Å². The van der Waals surface area contributed by atoms with Gasteiger partial charge in [-0.15, -0.1) is 0 Å². The van der Waals surface area contributed by atoms with Crippen molar-refractivity contribution in [3.05, 3.63) is 72.6 Å². The van der Waals surface area contributed by atoms with Crippen molar-refractivity contribution in [1.29, 1.82) is 0 Å². The van der Waals surface area contributed by atoms with Gasteiger partial charge in [0, 0.05) is 30.4 Å². The molecule has 7 nitrogen and oxygen atoms in total. The second kappa shape index (κ2) is 6.87. The average molecular weight is 359 g/mol. The van der Waals surface area contributed by atoms with Gasteiger partial charge in [-0.1, -0.05) is 6.07 Å². The van der Waals surface area contributed by atoms with E-state index in [2.05, 4.69) is 15.3 Å². The second-order valence-electron chi connectivity index (χ2n) is 6.01. The van der Waals surface area contributed by atoms with Crippen LogP contribution in [0.15, 0.2) is 61.3 Å². The van der Waals surface area contributed by atoms with Gasteiger partial charge in [0.05, 0.1) is 24.7 Å². The van der Waals surface area contributed by atoms with E-state index >= 15 is 0 Å². The summed E-state index contributed by atoms with van der Waals surface area (Å²) in [5, 5.41) is 2.83. The van der Waals surface area contributed by atoms with Crippen molar-refractivity contribution in [3.63, 3.8) is 0 Å². The summed E-state index contributed by atoms with van der Waals surface area (Å²) < 4.78 is 7.35. The van der Waals surface area contributed by atoms with Gasteiger partial charge in [0.15, 0.2) is 0 Å². The van der Waals surface area contributed by atoms with Gasteiger partial charge in [-0.2, -0.15) is 0 Å². The maximum atomic E-state index is 12.4. The molecule has 0 aliphatic heterocycles. The maximum absolute atomic E-state index is 12.4. The quantitative estimate of drug-likeness (QED) is 0.604. The van der Waals surface area contributed by atoms with Crippen molar-refractivity contribution in [2.75, 3.05) is 12.4 Å². The molecule has 3 aromatic heterocycles. The number of hydrogen-bond donors (Lipinski definition) is 1. The molecule has 0 aliphatic rings. The third-order valence-electron chi connectivity index (χ3n) is 4.22. The number of rotatable bonds is 4. The Morgan fingerprint density at radius 2 is 2.11 bits per heavy atom. The Bertz CT molecular complexity index is 1120. The van der Waals surface area contributed by atoms with E-state index in [0.717, 1.165) is 22.5 Å². The second-order valence-corrected chi connectivity index (χ2v) is 6.01. The number of methoxy groups -OCH3 is 1. The number of aromatic nitrogens is 4. The van der Waals surface area contributed by atoms with E-state index < -0.39 is 0 Å². The lowest BCUT2D eigenvalue weighted by atomic mass is 10.1. The smallest absolute Gasteiger partial charge is 0.275 e. The normalized spacial score (nSPS) is 10.7. The number of nitrogens with one attached hydrogen (secondary N) is 1. The van der Waals surface area contributed by atoms with Crippen LogP contribution in [-0.2, 0) is 0 Å². The van der Waals surface area contributed by atoms with Crippen LogP contribution < -0.4 is 10.1 Å². The number of ether oxygens (including phenoxy) is 1. The first-order valence-electron chi connectivity index (χ1n) is 8.36. The number of anilines is 1. The number of carbonyl (C=O) groups is 1. The lowest BCUT2D eigenvalue weighted by Gasteiger charge is -2.11. The minimum atomic E-state index is -0.357. The van der Waals surface area contributed by atoms with E-state index in [4.69, 9.17) is 9.72 Å². The fourth-order valence-corrected chi connectivity index (χ4v) is 2.86. The molecule has 4 aromatic rings. The number of nitrogens with zero attached hydrogens (tertiary/aromatic N) is 4. The number of hydrogen-bond acceptors (Lipinski definition) is 5. The average Bonchev–Trinajstić information content (AvgIpc) is 3.14. The molecule has 27 heavy (non-hydrogen) atoms. The molecule has 4 rings (SSSR count). The lowest BCUT2D eigenvalue weighted by molar-refractivity contribution is 0.102. The molecule has 0 fully saturated rings. The Hall–Kier alpha value is -3.74. The summed E-state index contributed by atoms with van der Waals surface area (Å²) >= 11 is 0. The zero-order chi connectivity index (χ0) is 18.8. The Labute approximate surface area is 155 Å². The van der Waals surface area contributed by atoms with Gasteiger partial charge in [0.25, 0.3) is 5.91 Å². The summed E-state index contributed by atoms with van der Waals surface area (Å²) in [6, 6.07) is 9.55. The van der Waals surface area contributed by atoms with E-state index in [9.17, 15) is 4.79 Å². The highest BCUT2D eigenvalue weighted by Crippen LogP contribution is 2.31. The molecule has 134 valence electrons. The Morgan fingerprint density at radius 1 is 1.22 bits per heavy atom. The van der Waals surface area contributed by atoms with E-state index in [-0.39, 0.29) is 11.6 Å². The van der Waals surface area contributed by atoms with Gasteiger partial charge >= 0.3 is 0 Å². The molecule has 3 heterocycles. The molecule has 0 saturated heterocycles. The zero-order valence-electron chi connectivity index (χ0n) is 14.9. The number of amides is 1. The minimum absolute atomic E-state index is 0.230. The van der Waals surface area contributed by atoms with Gasteiger partial charge in [0.1, 0.15) is 17.1 Å². The maximum Gasteiger partial charge on any atom is 0.275 e. The number of imidazole rings is 1. The van der Waals surface area contributed by atoms with Gasteiger partial charge in [-0.3, -0.25) is 9.78 Å². The number of fused-ring (bicyclic) bond motifs is 1. The van der Waals surface area contributed by atoms with Crippen molar-refractivity contribution < 1.29 is 9.53 Å². The van der Waals surface area contributed by atoms with Crippen LogP contribution in [0.3, 0.4) is 0 Å². The Balaban J connectivity index is 1.71. The molecule has 0 aliphatic carbocycles. The van der Waals surface area contributed by atoms with Crippen LogP contribution in [-0.4, -0.2) is 32.4 Å². The summed E-state index contributed by atoms with van der Waals surface area (Å²) in [6.07, 6.45) is 8.32. The molecule has 0 atom stereocenters. The van der Waals surface area contributed by atoms with Crippen LogP contribution in [0.1, 0.15) is 16.1 Å². The predicted molar refractivity (Wildman–Crippen MR) is 102 cm³/mol. The van der Waals surface area contributed by atoms with Gasteiger partial charge in [-0.05, 0) is 36.8 Å². The monoisotopic (exact) mass is 359 g/mol. The van der Waals surface area contributed by atoms with Crippen LogP contribution >= 0.6 is 0 Å². The number of carbonyl (C=O) groups excluding carboxylic acids is 1. The summed E-state index contributed by atoms with van der Waals surface area (Å²) in [4.78, 5) is 25.1. The van der Waals surface area contributed by atoms with Crippen LogP contribution in [0.5, 0.6) is 5.75 Å². The van der Waals surface area contributed by atoms with Crippen LogP contribution in [0.25, 0.3) is 16.9 Å². The van der Waals surface area contributed by atoms with Crippen molar-refractivity contribution in [2.24, 2.45) is 0 Å².